The number of carbonyl (C=O) groups is 2. The van der Waals surface area contributed by atoms with Crippen LogP contribution in [-0.2, 0) is 16.0 Å². The third-order valence-electron chi connectivity index (χ3n) is 4.00. The number of anilines is 1. The number of carbonyl (C=O) groups excluding carboxylic acids is 1. The number of halogens is 2. The topological polar surface area (TPSA) is 75.6 Å². The first-order valence-corrected chi connectivity index (χ1v) is 9.30. The van der Waals surface area contributed by atoms with E-state index in [1.165, 1.54) is 30.3 Å². The smallest absolute Gasteiger partial charge is 0.307 e. The Labute approximate surface area is 177 Å². The molecule has 3 rings (SSSR count). The van der Waals surface area contributed by atoms with Crippen LogP contribution < -0.4 is 10.1 Å². The van der Waals surface area contributed by atoms with Crippen molar-refractivity contribution in [2.24, 2.45) is 0 Å². The van der Waals surface area contributed by atoms with E-state index in [0.29, 0.717) is 5.56 Å². The van der Waals surface area contributed by atoms with Gasteiger partial charge in [-0.3, -0.25) is 9.59 Å². The van der Waals surface area contributed by atoms with Crippen LogP contribution in [0.1, 0.15) is 11.1 Å². The molecular formula is C23H17ClFNO4. The van der Waals surface area contributed by atoms with E-state index in [-0.39, 0.29) is 28.6 Å². The molecule has 0 spiro atoms. The van der Waals surface area contributed by atoms with Crippen molar-refractivity contribution in [1.82, 2.24) is 0 Å². The summed E-state index contributed by atoms with van der Waals surface area (Å²) in [6.07, 6.45) is 2.83. The molecule has 30 heavy (non-hydrogen) atoms. The van der Waals surface area contributed by atoms with Crippen molar-refractivity contribution in [3.8, 4) is 11.5 Å². The maximum Gasteiger partial charge on any atom is 0.307 e. The Bertz CT molecular complexity index is 1100. The lowest BCUT2D eigenvalue weighted by Gasteiger charge is -2.11. The first kappa shape index (κ1) is 21.1. The first-order valence-electron chi connectivity index (χ1n) is 8.92. The maximum absolute atomic E-state index is 14.4. The Morgan fingerprint density at radius 3 is 2.43 bits per heavy atom. The lowest BCUT2D eigenvalue weighted by Crippen LogP contribution is -2.08. The predicted octanol–water partition coefficient (Wildman–Crippen LogP) is 5.55. The van der Waals surface area contributed by atoms with Gasteiger partial charge in [-0.25, -0.2) is 4.39 Å². The minimum absolute atomic E-state index is 0.0827. The second-order valence-corrected chi connectivity index (χ2v) is 6.72. The Hall–Kier alpha value is -3.64. The average Bonchev–Trinajstić information content (AvgIpc) is 2.70. The van der Waals surface area contributed by atoms with Crippen molar-refractivity contribution in [2.45, 2.75) is 6.42 Å². The number of carboxylic acids is 1. The molecule has 0 unspecified atom stereocenters. The highest BCUT2D eigenvalue weighted by Crippen LogP contribution is 2.32. The highest BCUT2D eigenvalue weighted by Gasteiger charge is 2.11. The highest BCUT2D eigenvalue weighted by molar-refractivity contribution is 6.32. The van der Waals surface area contributed by atoms with E-state index in [4.69, 9.17) is 21.4 Å². The van der Waals surface area contributed by atoms with Crippen molar-refractivity contribution in [2.75, 3.05) is 5.32 Å². The fourth-order valence-corrected chi connectivity index (χ4v) is 2.85. The second kappa shape index (κ2) is 9.71. The molecule has 152 valence electrons. The maximum atomic E-state index is 14.4. The molecular weight excluding hydrogens is 409 g/mol. The summed E-state index contributed by atoms with van der Waals surface area (Å²) in [5.41, 5.74) is 1.64. The number of carboxylic acid groups (broad SMARTS) is 1. The van der Waals surface area contributed by atoms with Gasteiger partial charge in [-0.2, -0.15) is 0 Å². The van der Waals surface area contributed by atoms with E-state index in [0.717, 1.165) is 11.6 Å². The van der Waals surface area contributed by atoms with Gasteiger partial charge >= 0.3 is 5.97 Å². The Morgan fingerprint density at radius 2 is 1.77 bits per heavy atom. The zero-order valence-corrected chi connectivity index (χ0v) is 16.4. The van der Waals surface area contributed by atoms with Crippen LogP contribution in [-0.4, -0.2) is 17.0 Å². The van der Waals surface area contributed by atoms with Gasteiger partial charge in [0.15, 0.2) is 11.6 Å². The number of nitrogens with one attached hydrogen (secondary N) is 1. The summed E-state index contributed by atoms with van der Waals surface area (Å²) in [5.74, 6) is -1.97. The molecule has 0 aliphatic carbocycles. The van der Waals surface area contributed by atoms with Gasteiger partial charge in [0.1, 0.15) is 5.75 Å². The predicted molar refractivity (Wildman–Crippen MR) is 113 cm³/mol. The minimum atomic E-state index is -0.984. The molecule has 3 aromatic rings. The monoisotopic (exact) mass is 425 g/mol. The number of rotatable bonds is 7. The normalized spacial score (nSPS) is 10.7. The van der Waals surface area contributed by atoms with Gasteiger partial charge in [-0.15, -0.1) is 0 Å². The van der Waals surface area contributed by atoms with Crippen molar-refractivity contribution in [3.05, 3.63) is 94.8 Å². The van der Waals surface area contributed by atoms with Crippen molar-refractivity contribution in [1.29, 1.82) is 0 Å². The van der Waals surface area contributed by atoms with Crippen LogP contribution in [0.2, 0.25) is 5.02 Å². The number of amides is 1. The van der Waals surface area contributed by atoms with Crippen LogP contribution in [0.25, 0.3) is 6.08 Å². The van der Waals surface area contributed by atoms with Crippen LogP contribution in [0.3, 0.4) is 0 Å². The zero-order chi connectivity index (χ0) is 21.5. The summed E-state index contributed by atoms with van der Waals surface area (Å²) in [7, 11) is 0. The van der Waals surface area contributed by atoms with Gasteiger partial charge < -0.3 is 15.2 Å². The van der Waals surface area contributed by atoms with Gasteiger partial charge in [-0.05, 0) is 41.5 Å². The minimum Gasteiger partial charge on any atom is -0.481 e. The summed E-state index contributed by atoms with van der Waals surface area (Å²) < 4.78 is 19.9. The van der Waals surface area contributed by atoms with E-state index in [2.05, 4.69) is 5.32 Å². The van der Waals surface area contributed by atoms with Crippen molar-refractivity contribution < 1.29 is 23.8 Å². The molecule has 0 radical (unpaired) electrons. The zero-order valence-electron chi connectivity index (χ0n) is 15.6. The summed E-state index contributed by atoms with van der Waals surface area (Å²) in [6.45, 7) is 0. The molecule has 5 nitrogen and oxygen atoms in total. The molecule has 2 N–H and O–H groups in total. The summed E-state index contributed by atoms with van der Waals surface area (Å²) in [5, 5.41) is 11.6. The lowest BCUT2D eigenvalue weighted by atomic mass is 10.1. The van der Waals surface area contributed by atoms with Crippen molar-refractivity contribution in [3.63, 3.8) is 0 Å². The Kier molecular flexibility index (Phi) is 6.83. The molecule has 0 aliphatic heterocycles. The fourth-order valence-electron chi connectivity index (χ4n) is 2.61. The molecule has 0 heterocycles. The summed E-state index contributed by atoms with van der Waals surface area (Å²) in [4.78, 5) is 22.8. The third-order valence-corrected chi connectivity index (χ3v) is 4.29. The van der Waals surface area contributed by atoms with Crippen LogP contribution in [0.15, 0.2) is 72.8 Å². The SMILES string of the molecule is O=C(O)Cc1ccc(Oc2ccc(NC(=O)/C=C/c3ccccc3)cc2F)c(Cl)c1. The van der Waals surface area contributed by atoms with Crippen LogP contribution in [0.5, 0.6) is 11.5 Å². The quantitative estimate of drug-likeness (QED) is 0.486. The molecule has 0 bridgehead atoms. The summed E-state index contributed by atoms with van der Waals surface area (Å²) >= 11 is 6.10. The average molecular weight is 426 g/mol. The van der Waals surface area contributed by atoms with Crippen LogP contribution >= 0.6 is 11.6 Å². The molecule has 1 amide bonds. The third kappa shape index (κ3) is 5.93. The molecule has 0 fully saturated rings. The van der Waals surface area contributed by atoms with Crippen LogP contribution in [0.4, 0.5) is 10.1 Å². The second-order valence-electron chi connectivity index (χ2n) is 6.32. The van der Waals surface area contributed by atoms with E-state index in [9.17, 15) is 14.0 Å². The number of aliphatic carboxylic acids is 1. The number of benzene rings is 3. The van der Waals surface area contributed by atoms with Gasteiger partial charge in [0.05, 0.1) is 11.4 Å². The van der Waals surface area contributed by atoms with E-state index >= 15 is 0 Å². The van der Waals surface area contributed by atoms with Gasteiger partial charge in [0, 0.05) is 17.8 Å². The Morgan fingerprint density at radius 1 is 1.03 bits per heavy atom. The van der Waals surface area contributed by atoms with E-state index in [1.807, 2.05) is 30.3 Å². The van der Waals surface area contributed by atoms with Crippen LogP contribution in [0, 0.1) is 5.82 Å². The molecule has 0 aliphatic rings. The Balaban J connectivity index is 1.66. The van der Waals surface area contributed by atoms with Gasteiger partial charge in [0.2, 0.25) is 5.91 Å². The number of hydrogen-bond donors (Lipinski definition) is 2. The number of ether oxygens (including phenoxy) is 1. The molecule has 7 heteroatoms. The first-order chi connectivity index (χ1) is 14.4. The molecule has 0 saturated heterocycles. The van der Waals surface area contributed by atoms with Crippen molar-refractivity contribution >= 4 is 35.2 Å². The highest BCUT2D eigenvalue weighted by atomic mass is 35.5. The van der Waals surface area contributed by atoms with E-state index < -0.39 is 17.7 Å². The standard InChI is InChI=1S/C23H17ClFNO4/c24-18-12-16(13-23(28)29)6-9-20(18)30-21-10-8-17(14-19(21)25)26-22(27)11-7-15-4-2-1-3-5-15/h1-12,14H,13H2,(H,26,27)(H,28,29)/b11-7+. The molecule has 0 atom stereocenters. The van der Waals surface area contributed by atoms with Gasteiger partial charge in [-0.1, -0.05) is 48.0 Å². The molecule has 3 aromatic carbocycles. The molecule has 0 aromatic heterocycles. The summed E-state index contributed by atoms with van der Waals surface area (Å²) in [6, 6.07) is 17.8. The van der Waals surface area contributed by atoms with E-state index in [1.54, 1.807) is 12.1 Å². The largest absolute Gasteiger partial charge is 0.481 e. The fraction of sp³-hybridized carbons (Fsp3) is 0.0435. The van der Waals surface area contributed by atoms with Gasteiger partial charge in [0.25, 0.3) is 0 Å². The lowest BCUT2D eigenvalue weighted by molar-refractivity contribution is -0.136. The number of hydrogen-bond acceptors (Lipinski definition) is 3. The molecule has 0 saturated carbocycles.